The molecule has 0 fully saturated rings. The number of carbonyl (C=O) groups is 1. The van der Waals surface area contributed by atoms with E-state index < -0.39 is 0 Å². The van der Waals surface area contributed by atoms with E-state index in [0.717, 1.165) is 0 Å². The van der Waals surface area contributed by atoms with Gasteiger partial charge in [0.25, 0.3) is 0 Å². The number of hydrogen-bond donors (Lipinski definition) is 0. The summed E-state index contributed by atoms with van der Waals surface area (Å²) in [6.07, 6.45) is 3.20. The highest BCUT2D eigenvalue weighted by Crippen LogP contribution is 2.04. The number of nitriles is 1. The minimum atomic E-state index is -0.00292. The van der Waals surface area contributed by atoms with E-state index in [1.54, 1.807) is 13.0 Å². The second kappa shape index (κ2) is 3.49. The normalized spacial score (nSPS) is 10.8. The molecule has 0 atom stereocenters. The highest BCUT2D eigenvalue weighted by atomic mass is 16.3. The second-order valence-electron chi connectivity index (χ2n) is 2.16. The molecule has 0 saturated carbocycles. The van der Waals surface area contributed by atoms with Crippen molar-refractivity contribution in [3.05, 3.63) is 23.4 Å². The maximum absolute atomic E-state index is 10.2. The molecule has 0 spiro atoms. The first-order valence-corrected chi connectivity index (χ1v) is 3.25. The lowest BCUT2D eigenvalue weighted by atomic mass is 10.3. The molecule has 0 amide bonds. The molecule has 0 aliphatic carbocycles. The van der Waals surface area contributed by atoms with Crippen molar-refractivity contribution in [2.45, 2.75) is 6.92 Å². The molecule has 0 bridgehead atoms. The van der Waals surface area contributed by atoms with E-state index in [9.17, 15) is 4.79 Å². The van der Waals surface area contributed by atoms with Gasteiger partial charge in [0.2, 0.25) is 5.89 Å². The van der Waals surface area contributed by atoms with Crippen LogP contribution in [0.15, 0.2) is 16.3 Å². The molecule has 1 heterocycles. The van der Waals surface area contributed by atoms with Crippen LogP contribution in [0.1, 0.15) is 11.6 Å². The average molecular weight is 162 g/mol. The van der Waals surface area contributed by atoms with Crippen LogP contribution in [0.2, 0.25) is 0 Å². The van der Waals surface area contributed by atoms with Crippen molar-refractivity contribution < 1.29 is 9.21 Å². The first kappa shape index (κ1) is 8.21. The Hall–Kier alpha value is -1.89. The Morgan fingerprint density at radius 2 is 2.58 bits per heavy atom. The van der Waals surface area contributed by atoms with E-state index in [1.807, 2.05) is 0 Å². The summed E-state index contributed by atoms with van der Waals surface area (Å²) in [7, 11) is 0. The van der Waals surface area contributed by atoms with Crippen LogP contribution >= 0.6 is 0 Å². The number of aryl methyl sites for hydroxylation is 1. The van der Waals surface area contributed by atoms with Crippen LogP contribution in [0.5, 0.6) is 0 Å². The van der Waals surface area contributed by atoms with Gasteiger partial charge in [0.05, 0.1) is 11.3 Å². The van der Waals surface area contributed by atoms with E-state index in [-0.39, 0.29) is 11.5 Å². The lowest BCUT2D eigenvalue weighted by Gasteiger charge is -1.80. The zero-order chi connectivity index (χ0) is 8.97. The van der Waals surface area contributed by atoms with Gasteiger partial charge in [-0.2, -0.15) is 5.26 Å². The zero-order valence-corrected chi connectivity index (χ0v) is 6.44. The largest absolute Gasteiger partial charge is 0.445 e. The van der Waals surface area contributed by atoms with Crippen LogP contribution in [0.3, 0.4) is 0 Å². The molecule has 0 radical (unpaired) electrons. The maximum Gasteiger partial charge on any atom is 0.220 e. The van der Waals surface area contributed by atoms with Gasteiger partial charge in [-0.05, 0) is 6.92 Å². The van der Waals surface area contributed by atoms with Crippen LogP contribution in [0.25, 0.3) is 6.08 Å². The lowest BCUT2D eigenvalue weighted by molar-refractivity contribution is -0.104. The molecule has 0 aliphatic heterocycles. The predicted molar refractivity (Wildman–Crippen MR) is 40.9 cm³/mol. The van der Waals surface area contributed by atoms with Crippen molar-refractivity contribution in [3.8, 4) is 6.07 Å². The Morgan fingerprint density at radius 3 is 3.00 bits per heavy atom. The molecule has 0 unspecified atom stereocenters. The third-order valence-electron chi connectivity index (χ3n) is 1.17. The fraction of sp³-hybridized carbons (Fsp3) is 0.125. The molecule has 0 N–H and O–H groups in total. The first-order chi connectivity index (χ1) is 5.76. The summed E-state index contributed by atoms with van der Waals surface area (Å²) >= 11 is 0. The average Bonchev–Trinajstić information content (AvgIpc) is 2.47. The molecule has 1 rings (SSSR count). The first-order valence-electron chi connectivity index (χ1n) is 3.25. The van der Waals surface area contributed by atoms with Gasteiger partial charge in [-0.15, -0.1) is 0 Å². The van der Waals surface area contributed by atoms with Gasteiger partial charge in [0.15, 0.2) is 6.29 Å². The van der Waals surface area contributed by atoms with Gasteiger partial charge in [-0.25, -0.2) is 4.98 Å². The minimum Gasteiger partial charge on any atom is -0.445 e. The molecule has 4 nitrogen and oxygen atoms in total. The molecular formula is C8H6N2O2. The molecule has 1 aromatic heterocycles. The number of nitrogens with zero attached hydrogens (tertiary/aromatic N) is 2. The molecule has 60 valence electrons. The van der Waals surface area contributed by atoms with E-state index in [4.69, 9.17) is 9.68 Å². The minimum absolute atomic E-state index is 0.00292. The van der Waals surface area contributed by atoms with E-state index in [2.05, 4.69) is 4.98 Å². The van der Waals surface area contributed by atoms with E-state index in [1.165, 1.54) is 12.3 Å². The Balaban J connectivity index is 2.95. The third kappa shape index (κ3) is 1.80. The summed E-state index contributed by atoms with van der Waals surface area (Å²) in [4.78, 5) is 14.1. The molecule has 1 aromatic rings. The second-order valence-corrected chi connectivity index (χ2v) is 2.16. The highest BCUT2D eigenvalue weighted by molar-refractivity contribution is 5.85. The van der Waals surface area contributed by atoms with Crippen molar-refractivity contribution >= 4 is 12.4 Å². The number of aldehydes is 1. The van der Waals surface area contributed by atoms with Gasteiger partial charge in [0, 0.05) is 6.08 Å². The smallest absolute Gasteiger partial charge is 0.220 e. The highest BCUT2D eigenvalue weighted by Gasteiger charge is 1.98. The van der Waals surface area contributed by atoms with Crippen molar-refractivity contribution in [3.63, 3.8) is 0 Å². The van der Waals surface area contributed by atoms with Gasteiger partial charge in [-0.3, -0.25) is 4.79 Å². The topological polar surface area (TPSA) is 66.9 Å². The molecule has 4 heteroatoms. The summed E-state index contributed by atoms with van der Waals surface area (Å²) in [6, 6.07) is 1.70. The SMILES string of the molecule is Cc1coc(/C=C(\C#N)C=O)n1. The van der Waals surface area contributed by atoms with Crippen LogP contribution < -0.4 is 0 Å². The predicted octanol–water partition coefficient (Wildman–Crippen LogP) is 1.09. The van der Waals surface area contributed by atoms with Gasteiger partial charge < -0.3 is 4.42 Å². The molecule has 0 saturated heterocycles. The van der Waals surface area contributed by atoms with E-state index in [0.29, 0.717) is 12.0 Å². The zero-order valence-electron chi connectivity index (χ0n) is 6.44. The number of allylic oxidation sites excluding steroid dienone is 1. The number of oxazole rings is 1. The number of carbonyl (C=O) groups excluding carboxylic acids is 1. The maximum atomic E-state index is 10.2. The van der Waals surface area contributed by atoms with Crippen LogP contribution in [-0.4, -0.2) is 11.3 Å². The standard InChI is InChI=1S/C8H6N2O2/c1-6-5-12-8(10-6)2-7(3-9)4-11/h2,4-5H,1H3/b7-2+. The van der Waals surface area contributed by atoms with Gasteiger partial charge >= 0.3 is 0 Å². The fourth-order valence-electron chi connectivity index (χ4n) is 0.664. The number of rotatable bonds is 2. The van der Waals surface area contributed by atoms with Gasteiger partial charge in [-0.1, -0.05) is 0 Å². The number of hydrogen-bond acceptors (Lipinski definition) is 4. The van der Waals surface area contributed by atoms with Crippen LogP contribution in [0, 0.1) is 18.3 Å². The summed E-state index contributed by atoms with van der Waals surface area (Å²) in [5, 5.41) is 8.38. The van der Waals surface area contributed by atoms with Crippen LogP contribution in [-0.2, 0) is 4.79 Å². The van der Waals surface area contributed by atoms with Crippen molar-refractivity contribution in [2.75, 3.05) is 0 Å². The van der Waals surface area contributed by atoms with Gasteiger partial charge in [0.1, 0.15) is 12.3 Å². The Bertz CT molecular complexity index is 357. The van der Waals surface area contributed by atoms with Crippen molar-refractivity contribution in [1.29, 1.82) is 5.26 Å². The quantitative estimate of drug-likeness (QED) is 0.371. The fourth-order valence-corrected chi connectivity index (χ4v) is 0.664. The van der Waals surface area contributed by atoms with Crippen molar-refractivity contribution in [2.24, 2.45) is 0 Å². The molecular weight excluding hydrogens is 156 g/mol. The number of aromatic nitrogens is 1. The Kier molecular flexibility index (Phi) is 2.38. The monoisotopic (exact) mass is 162 g/mol. The Morgan fingerprint density at radius 1 is 1.83 bits per heavy atom. The summed E-state index contributed by atoms with van der Waals surface area (Å²) in [6.45, 7) is 1.76. The van der Waals surface area contributed by atoms with Crippen molar-refractivity contribution in [1.82, 2.24) is 4.98 Å². The molecule has 12 heavy (non-hydrogen) atoms. The molecule has 0 aromatic carbocycles. The summed E-state index contributed by atoms with van der Waals surface area (Å²) in [5.41, 5.74) is 0.710. The third-order valence-corrected chi connectivity index (χ3v) is 1.17. The van der Waals surface area contributed by atoms with Crippen LogP contribution in [0.4, 0.5) is 0 Å². The molecule has 0 aliphatic rings. The summed E-state index contributed by atoms with van der Waals surface area (Å²) in [5.74, 6) is 0.274. The lowest BCUT2D eigenvalue weighted by Crippen LogP contribution is -1.80. The van der Waals surface area contributed by atoms with E-state index >= 15 is 0 Å². The summed E-state index contributed by atoms with van der Waals surface area (Å²) < 4.78 is 4.90. The Labute approximate surface area is 69.1 Å².